The Balaban J connectivity index is 2.39. The van der Waals surface area contributed by atoms with Gasteiger partial charge in [0.05, 0.1) is 20.6 Å². The lowest BCUT2D eigenvalue weighted by molar-refractivity contribution is 0.458. The van der Waals surface area contributed by atoms with Gasteiger partial charge in [0.1, 0.15) is 17.9 Å². The Kier molecular flexibility index (Phi) is 4.34. The number of halogens is 3. The van der Waals surface area contributed by atoms with E-state index in [-0.39, 0.29) is 0 Å². The van der Waals surface area contributed by atoms with Gasteiger partial charge in [0, 0.05) is 13.1 Å². The van der Waals surface area contributed by atoms with Crippen LogP contribution < -0.4 is 10.1 Å². The summed E-state index contributed by atoms with van der Waals surface area (Å²) in [5.41, 5.74) is 0.770. The van der Waals surface area contributed by atoms with Gasteiger partial charge in [-0.05, 0) is 13.0 Å². The first kappa shape index (κ1) is 14.2. The van der Waals surface area contributed by atoms with Crippen LogP contribution in [0.5, 0.6) is 11.6 Å². The van der Waals surface area contributed by atoms with Crippen molar-refractivity contribution in [2.75, 3.05) is 12.4 Å². The minimum absolute atomic E-state index is 0.360. The van der Waals surface area contributed by atoms with Crippen molar-refractivity contribution in [1.29, 1.82) is 0 Å². The number of aromatic nitrogens is 2. The Morgan fingerprint density at radius 2 is 1.74 bits per heavy atom. The number of hydrogen-bond donors (Lipinski definition) is 1. The van der Waals surface area contributed by atoms with Crippen LogP contribution in [-0.2, 0) is 0 Å². The Morgan fingerprint density at radius 3 is 2.42 bits per heavy atom. The molecule has 0 spiro atoms. The van der Waals surface area contributed by atoms with Crippen molar-refractivity contribution in [3.8, 4) is 11.6 Å². The fourth-order valence-corrected chi connectivity index (χ4v) is 2.05. The van der Waals surface area contributed by atoms with Crippen LogP contribution in [0.1, 0.15) is 5.56 Å². The summed E-state index contributed by atoms with van der Waals surface area (Å²) in [5, 5.41) is 4.04. The molecule has 1 heterocycles. The third kappa shape index (κ3) is 3.03. The Bertz CT molecular complexity index is 619. The van der Waals surface area contributed by atoms with E-state index < -0.39 is 0 Å². The standard InChI is InChI=1S/C12H10Cl3N3O/c1-6-11(16-2)17-5-18-12(6)19-10-4-8(14)7(13)3-9(10)15/h3-5H,1-2H3,(H,16,17,18). The second-order valence-corrected chi connectivity index (χ2v) is 4.92. The van der Waals surface area contributed by atoms with E-state index in [0.717, 1.165) is 5.56 Å². The van der Waals surface area contributed by atoms with Gasteiger partial charge < -0.3 is 10.1 Å². The quantitative estimate of drug-likeness (QED) is 0.842. The average molecular weight is 319 g/mol. The second kappa shape index (κ2) is 5.82. The molecular formula is C12H10Cl3N3O. The topological polar surface area (TPSA) is 47.0 Å². The molecule has 0 aliphatic carbocycles. The fourth-order valence-electron chi connectivity index (χ4n) is 1.48. The summed E-state index contributed by atoms with van der Waals surface area (Å²) in [5.74, 6) is 1.47. The van der Waals surface area contributed by atoms with Gasteiger partial charge in [0.15, 0.2) is 0 Å². The maximum Gasteiger partial charge on any atom is 0.227 e. The van der Waals surface area contributed by atoms with Crippen LogP contribution in [0.25, 0.3) is 0 Å². The summed E-state index contributed by atoms with van der Waals surface area (Å²) in [6.45, 7) is 1.84. The minimum atomic E-state index is 0.360. The van der Waals surface area contributed by atoms with E-state index in [4.69, 9.17) is 39.5 Å². The number of nitrogens with one attached hydrogen (secondary N) is 1. The zero-order valence-corrected chi connectivity index (χ0v) is 12.4. The molecule has 2 aromatic rings. The maximum absolute atomic E-state index is 6.05. The molecule has 0 aliphatic rings. The zero-order valence-electron chi connectivity index (χ0n) is 10.2. The van der Waals surface area contributed by atoms with Crippen molar-refractivity contribution in [3.63, 3.8) is 0 Å². The summed E-state index contributed by atoms with van der Waals surface area (Å²) in [7, 11) is 1.77. The summed E-state index contributed by atoms with van der Waals surface area (Å²) < 4.78 is 5.65. The van der Waals surface area contributed by atoms with Crippen LogP contribution in [0, 0.1) is 6.92 Å². The largest absolute Gasteiger partial charge is 0.437 e. The molecule has 7 heteroatoms. The number of ether oxygens (including phenoxy) is 1. The van der Waals surface area contributed by atoms with Crippen LogP contribution in [0.3, 0.4) is 0 Å². The van der Waals surface area contributed by atoms with Crippen LogP contribution in [0.15, 0.2) is 18.5 Å². The molecular weight excluding hydrogens is 309 g/mol. The van der Waals surface area contributed by atoms with E-state index in [0.29, 0.717) is 32.5 Å². The Hall–Kier alpha value is -1.23. The maximum atomic E-state index is 6.05. The highest BCUT2D eigenvalue weighted by molar-refractivity contribution is 6.43. The first-order chi connectivity index (χ1) is 9.02. The van der Waals surface area contributed by atoms with Gasteiger partial charge in [-0.15, -0.1) is 0 Å². The fraction of sp³-hybridized carbons (Fsp3) is 0.167. The summed E-state index contributed by atoms with van der Waals surface area (Å²) >= 11 is 17.8. The lowest BCUT2D eigenvalue weighted by Gasteiger charge is -2.11. The third-order valence-corrected chi connectivity index (χ3v) is 3.47. The summed E-state index contributed by atoms with van der Waals surface area (Å²) in [6, 6.07) is 3.07. The molecule has 19 heavy (non-hydrogen) atoms. The van der Waals surface area contributed by atoms with Crippen LogP contribution >= 0.6 is 34.8 Å². The van der Waals surface area contributed by atoms with Crippen molar-refractivity contribution < 1.29 is 4.74 Å². The number of rotatable bonds is 3. The molecule has 1 aromatic heterocycles. The highest BCUT2D eigenvalue weighted by Crippen LogP contribution is 2.37. The molecule has 4 nitrogen and oxygen atoms in total. The predicted octanol–water partition coefficient (Wildman–Crippen LogP) is 4.58. The molecule has 0 saturated heterocycles. The molecule has 0 bridgehead atoms. The first-order valence-corrected chi connectivity index (χ1v) is 6.48. The van der Waals surface area contributed by atoms with Gasteiger partial charge in [-0.3, -0.25) is 0 Å². The Morgan fingerprint density at radius 1 is 1.05 bits per heavy atom. The van der Waals surface area contributed by atoms with E-state index >= 15 is 0 Å². The van der Waals surface area contributed by atoms with E-state index in [9.17, 15) is 0 Å². The molecule has 0 aliphatic heterocycles. The molecule has 1 N–H and O–H groups in total. The number of hydrogen-bond acceptors (Lipinski definition) is 4. The van der Waals surface area contributed by atoms with E-state index in [1.165, 1.54) is 12.4 Å². The van der Waals surface area contributed by atoms with Crippen LogP contribution in [0.2, 0.25) is 15.1 Å². The molecule has 0 saturated carbocycles. The normalized spacial score (nSPS) is 10.4. The van der Waals surface area contributed by atoms with E-state index in [2.05, 4.69) is 15.3 Å². The summed E-state index contributed by atoms with van der Waals surface area (Å²) in [4.78, 5) is 8.14. The van der Waals surface area contributed by atoms with E-state index in [1.807, 2.05) is 6.92 Å². The van der Waals surface area contributed by atoms with Gasteiger partial charge in [0.2, 0.25) is 5.88 Å². The van der Waals surface area contributed by atoms with Gasteiger partial charge >= 0.3 is 0 Å². The molecule has 2 rings (SSSR count). The molecule has 0 fully saturated rings. The number of nitrogens with zero attached hydrogens (tertiary/aromatic N) is 2. The second-order valence-electron chi connectivity index (χ2n) is 3.70. The van der Waals surface area contributed by atoms with Crippen molar-refractivity contribution in [1.82, 2.24) is 9.97 Å². The number of anilines is 1. The predicted molar refractivity (Wildman–Crippen MR) is 77.9 cm³/mol. The smallest absolute Gasteiger partial charge is 0.227 e. The molecule has 100 valence electrons. The molecule has 0 atom stereocenters. The highest BCUT2D eigenvalue weighted by Gasteiger charge is 2.12. The molecule has 0 unspecified atom stereocenters. The van der Waals surface area contributed by atoms with Crippen LogP contribution in [-0.4, -0.2) is 17.0 Å². The lowest BCUT2D eigenvalue weighted by atomic mass is 10.3. The molecule has 1 aromatic carbocycles. The SMILES string of the molecule is CNc1ncnc(Oc2cc(Cl)c(Cl)cc2Cl)c1C. The molecule has 0 radical (unpaired) electrons. The Labute approximate surface area is 125 Å². The van der Waals surface area contributed by atoms with Gasteiger partial charge in [-0.1, -0.05) is 34.8 Å². The van der Waals surface area contributed by atoms with E-state index in [1.54, 1.807) is 13.1 Å². The number of benzene rings is 1. The third-order valence-electron chi connectivity index (χ3n) is 2.46. The van der Waals surface area contributed by atoms with Crippen molar-refractivity contribution in [2.24, 2.45) is 0 Å². The first-order valence-electron chi connectivity index (χ1n) is 5.34. The summed E-state index contributed by atoms with van der Waals surface area (Å²) in [6.07, 6.45) is 1.40. The zero-order chi connectivity index (χ0) is 14.0. The van der Waals surface area contributed by atoms with Crippen molar-refractivity contribution in [2.45, 2.75) is 6.92 Å². The van der Waals surface area contributed by atoms with Crippen molar-refractivity contribution >= 4 is 40.6 Å². The molecule has 0 amide bonds. The lowest BCUT2D eigenvalue weighted by Crippen LogP contribution is -2.00. The monoisotopic (exact) mass is 317 g/mol. The minimum Gasteiger partial charge on any atom is -0.437 e. The average Bonchev–Trinajstić information content (AvgIpc) is 2.38. The van der Waals surface area contributed by atoms with Gasteiger partial charge in [0.25, 0.3) is 0 Å². The van der Waals surface area contributed by atoms with Gasteiger partial charge in [-0.25, -0.2) is 9.97 Å². The highest BCUT2D eigenvalue weighted by atomic mass is 35.5. The van der Waals surface area contributed by atoms with Crippen molar-refractivity contribution in [3.05, 3.63) is 39.1 Å². The van der Waals surface area contributed by atoms with Crippen LogP contribution in [0.4, 0.5) is 5.82 Å². The van der Waals surface area contributed by atoms with Gasteiger partial charge in [-0.2, -0.15) is 0 Å².